The van der Waals surface area contributed by atoms with Crippen LogP contribution >= 0.6 is 0 Å². The average Bonchev–Trinajstić information content (AvgIpc) is 2.53. The maximum atomic E-state index is 12.2. The van der Waals surface area contributed by atoms with Crippen molar-refractivity contribution in [3.63, 3.8) is 0 Å². The normalized spacial score (nSPS) is 12.1. The number of carbonyl (C=O) groups is 3. The fourth-order valence-electron chi connectivity index (χ4n) is 2.44. The Kier molecular flexibility index (Phi) is 7.37. The molecule has 7 heteroatoms. The van der Waals surface area contributed by atoms with E-state index >= 15 is 0 Å². The van der Waals surface area contributed by atoms with Gasteiger partial charge >= 0.3 is 18.0 Å². The molecule has 0 aromatic heterocycles. The van der Waals surface area contributed by atoms with E-state index in [9.17, 15) is 19.5 Å². The number of carbonyl (C=O) groups excluding carboxylic acids is 1. The molecule has 0 aliphatic heterocycles. The van der Waals surface area contributed by atoms with Gasteiger partial charge in [0.15, 0.2) is 0 Å². The molecule has 142 valence electrons. The number of hydrogen-bond acceptors (Lipinski definition) is 3. The van der Waals surface area contributed by atoms with Gasteiger partial charge in [-0.1, -0.05) is 30.4 Å². The molecular weight excluding hydrogens is 336 g/mol. The fraction of sp³-hybridized carbons (Fsp3) is 0.421. The summed E-state index contributed by atoms with van der Waals surface area (Å²) in [7, 11) is 0. The molecule has 0 saturated carbocycles. The molecular formula is C19H26N2O5. The van der Waals surface area contributed by atoms with E-state index in [1.807, 2.05) is 45.0 Å². The summed E-state index contributed by atoms with van der Waals surface area (Å²) < 4.78 is 0. The van der Waals surface area contributed by atoms with Crippen LogP contribution in [0.25, 0.3) is 5.57 Å². The highest BCUT2D eigenvalue weighted by Gasteiger charge is 2.26. The SMILES string of the molecule is C=C(C)c1cccc(C(C)(C)NC(=O)NC(CCCC(=O)O)C(=O)O)c1. The number of carboxylic acid groups (broad SMARTS) is 2. The first-order chi connectivity index (χ1) is 12.0. The molecule has 4 N–H and O–H groups in total. The van der Waals surface area contributed by atoms with Crippen molar-refractivity contribution in [2.45, 2.75) is 51.6 Å². The minimum Gasteiger partial charge on any atom is -0.481 e. The molecule has 7 nitrogen and oxygen atoms in total. The van der Waals surface area contributed by atoms with Crippen molar-refractivity contribution < 1.29 is 24.6 Å². The Bertz CT molecular complexity index is 697. The van der Waals surface area contributed by atoms with Crippen LogP contribution in [0.1, 0.15) is 51.2 Å². The highest BCUT2D eigenvalue weighted by molar-refractivity contribution is 5.83. The topological polar surface area (TPSA) is 116 Å². The Morgan fingerprint density at radius 1 is 1.23 bits per heavy atom. The molecule has 1 aromatic rings. The predicted octanol–water partition coefficient (Wildman–Crippen LogP) is 2.96. The molecule has 0 heterocycles. The second-order valence-corrected chi connectivity index (χ2v) is 6.76. The van der Waals surface area contributed by atoms with Gasteiger partial charge in [-0.3, -0.25) is 4.79 Å². The quantitative estimate of drug-likeness (QED) is 0.539. The third-order valence-corrected chi connectivity index (χ3v) is 3.99. The molecule has 26 heavy (non-hydrogen) atoms. The van der Waals surface area contributed by atoms with E-state index < -0.39 is 29.6 Å². The van der Waals surface area contributed by atoms with Crippen molar-refractivity contribution in [2.24, 2.45) is 0 Å². The van der Waals surface area contributed by atoms with Gasteiger partial charge in [0.25, 0.3) is 0 Å². The largest absolute Gasteiger partial charge is 0.481 e. The molecule has 0 saturated heterocycles. The van der Waals surface area contributed by atoms with Crippen LogP contribution in [0.15, 0.2) is 30.8 Å². The van der Waals surface area contributed by atoms with Crippen LogP contribution in [0.2, 0.25) is 0 Å². The molecule has 1 rings (SSSR count). The van der Waals surface area contributed by atoms with Gasteiger partial charge in [0.05, 0.1) is 5.54 Å². The Labute approximate surface area is 153 Å². The number of urea groups is 1. The van der Waals surface area contributed by atoms with E-state index in [0.29, 0.717) is 0 Å². The van der Waals surface area contributed by atoms with Crippen LogP contribution in [-0.2, 0) is 15.1 Å². The molecule has 2 amide bonds. The molecule has 0 radical (unpaired) electrons. The monoisotopic (exact) mass is 362 g/mol. The Hall–Kier alpha value is -2.83. The Balaban J connectivity index is 2.77. The van der Waals surface area contributed by atoms with Gasteiger partial charge in [0.2, 0.25) is 0 Å². The van der Waals surface area contributed by atoms with Crippen molar-refractivity contribution in [3.05, 3.63) is 42.0 Å². The number of nitrogens with one attached hydrogen (secondary N) is 2. The number of amides is 2. The minimum absolute atomic E-state index is 0.0423. The van der Waals surface area contributed by atoms with Crippen LogP contribution in [0.3, 0.4) is 0 Å². The number of benzene rings is 1. The number of allylic oxidation sites excluding steroid dienone is 1. The van der Waals surface area contributed by atoms with Gasteiger partial charge in [-0.15, -0.1) is 0 Å². The van der Waals surface area contributed by atoms with Gasteiger partial charge in [0, 0.05) is 6.42 Å². The first-order valence-electron chi connectivity index (χ1n) is 8.32. The van der Waals surface area contributed by atoms with Crippen molar-refractivity contribution >= 4 is 23.5 Å². The first kappa shape index (κ1) is 21.2. The van der Waals surface area contributed by atoms with Gasteiger partial charge in [0.1, 0.15) is 6.04 Å². The number of aliphatic carboxylic acids is 2. The van der Waals surface area contributed by atoms with Crippen LogP contribution in [0.4, 0.5) is 4.79 Å². The lowest BCUT2D eigenvalue weighted by molar-refractivity contribution is -0.140. The number of rotatable bonds is 9. The summed E-state index contributed by atoms with van der Waals surface area (Å²) in [5.74, 6) is -2.20. The van der Waals surface area contributed by atoms with E-state index in [1.165, 1.54) is 0 Å². The zero-order chi connectivity index (χ0) is 19.9. The second kappa shape index (κ2) is 9.03. The fourth-order valence-corrected chi connectivity index (χ4v) is 2.44. The van der Waals surface area contributed by atoms with Gasteiger partial charge in [-0.05, 0) is 50.8 Å². The zero-order valence-corrected chi connectivity index (χ0v) is 15.3. The molecule has 0 bridgehead atoms. The lowest BCUT2D eigenvalue weighted by Crippen LogP contribution is -2.51. The van der Waals surface area contributed by atoms with E-state index in [4.69, 9.17) is 5.11 Å². The van der Waals surface area contributed by atoms with E-state index in [2.05, 4.69) is 17.2 Å². The maximum Gasteiger partial charge on any atom is 0.326 e. The molecule has 0 spiro atoms. The third-order valence-electron chi connectivity index (χ3n) is 3.99. The van der Waals surface area contributed by atoms with Crippen molar-refractivity contribution in [2.75, 3.05) is 0 Å². The minimum atomic E-state index is -1.20. The summed E-state index contributed by atoms with van der Waals surface area (Å²) >= 11 is 0. The van der Waals surface area contributed by atoms with E-state index in [-0.39, 0.29) is 19.3 Å². The van der Waals surface area contributed by atoms with E-state index in [1.54, 1.807) is 0 Å². The predicted molar refractivity (Wildman–Crippen MR) is 98.8 cm³/mol. The summed E-state index contributed by atoms with van der Waals surface area (Å²) in [4.78, 5) is 34.0. The lowest BCUT2D eigenvalue weighted by atomic mass is 9.92. The van der Waals surface area contributed by atoms with Gasteiger partial charge in [-0.2, -0.15) is 0 Å². The molecule has 0 fully saturated rings. The summed E-state index contributed by atoms with van der Waals surface area (Å²) in [5, 5.41) is 23.0. The maximum absolute atomic E-state index is 12.2. The van der Waals surface area contributed by atoms with Crippen LogP contribution in [0.5, 0.6) is 0 Å². The first-order valence-corrected chi connectivity index (χ1v) is 8.32. The Morgan fingerprint density at radius 3 is 2.42 bits per heavy atom. The van der Waals surface area contributed by atoms with Crippen LogP contribution in [-0.4, -0.2) is 34.2 Å². The molecule has 1 unspecified atom stereocenters. The van der Waals surface area contributed by atoms with E-state index in [0.717, 1.165) is 16.7 Å². The summed E-state index contributed by atoms with van der Waals surface area (Å²) in [6.45, 7) is 9.41. The lowest BCUT2D eigenvalue weighted by Gasteiger charge is -2.28. The molecule has 1 atom stereocenters. The third kappa shape index (κ3) is 6.58. The highest BCUT2D eigenvalue weighted by Crippen LogP contribution is 2.23. The summed E-state index contributed by atoms with van der Waals surface area (Å²) in [5.41, 5.74) is 1.97. The van der Waals surface area contributed by atoms with Crippen LogP contribution < -0.4 is 10.6 Å². The second-order valence-electron chi connectivity index (χ2n) is 6.76. The standard InChI is InChI=1S/C19H26N2O5/c1-12(2)13-7-5-8-14(11-13)19(3,4)21-18(26)20-15(17(24)25)9-6-10-16(22)23/h5,7-8,11,15H,1,6,9-10H2,2-4H3,(H,22,23)(H,24,25)(H2,20,21,26). The molecule has 0 aliphatic rings. The zero-order valence-electron chi connectivity index (χ0n) is 15.3. The average molecular weight is 362 g/mol. The van der Waals surface area contributed by atoms with Crippen molar-refractivity contribution in [3.8, 4) is 0 Å². The smallest absolute Gasteiger partial charge is 0.326 e. The number of hydrogen-bond donors (Lipinski definition) is 4. The van der Waals surface area contributed by atoms with Crippen molar-refractivity contribution in [1.82, 2.24) is 10.6 Å². The van der Waals surface area contributed by atoms with Gasteiger partial charge < -0.3 is 20.8 Å². The molecule has 1 aromatic carbocycles. The summed E-state index contributed by atoms with van der Waals surface area (Å²) in [6, 6.07) is 5.81. The van der Waals surface area contributed by atoms with Crippen molar-refractivity contribution in [1.29, 1.82) is 0 Å². The molecule has 0 aliphatic carbocycles. The van der Waals surface area contributed by atoms with Crippen LogP contribution in [0, 0.1) is 0 Å². The highest BCUT2D eigenvalue weighted by atomic mass is 16.4. The number of carboxylic acids is 2. The Morgan fingerprint density at radius 2 is 1.88 bits per heavy atom. The van der Waals surface area contributed by atoms with Gasteiger partial charge in [-0.25, -0.2) is 9.59 Å². The summed E-state index contributed by atoms with van der Waals surface area (Å²) in [6.07, 6.45) is 0.0591.